The van der Waals surface area contributed by atoms with E-state index in [0.29, 0.717) is 12.3 Å². The van der Waals surface area contributed by atoms with Crippen LogP contribution >= 0.6 is 12.3 Å². The van der Waals surface area contributed by atoms with E-state index < -0.39 is 40.5 Å². The predicted octanol–water partition coefficient (Wildman–Crippen LogP) is 4.65. The van der Waals surface area contributed by atoms with Gasteiger partial charge in [0.2, 0.25) is 0 Å². The average molecular weight is 810 g/mol. The number of β-lactam (4-membered cyclic amide) rings is 1. The molecule has 1 radical (unpaired) electrons. The third kappa shape index (κ3) is 6.35. The monoisotopic (exact) mass is 809 g/mol. The maximum atomic E-state index is 12.1. The van der Waals surface area contributed by atoms with Crippen LogP contribution in [-0.4, -0.2) is 63.3 Å². The van der Waals surface area contributed by atoms with Crippen LogP contribution in [0.3, 0.4) is 0 Å². The molecule has 3 aliphatic rings. The Hall–Kier alpha value is 1.47. The molecule has 0 unspecified atom stereocenters. The number of amides is 1. The fraction of sp³-hybridized carbons (Fsp3) is 0.857. The topological polar surface area (TPSA) is 127 Å². The first-order chi connectivity index (χ1) is 15.8. The summed E-state index contributed by atoms with van der Waals surface area (Å²) >= 11 is 0.381. The number of rotatable bonds is 9. The van der Waals surface area contributed by atoms with Gasteiger partial charge < -0.3 is 28.2 Å². The molecule has 2 heterocycles. The minimum Gasteiger partial charge on any atom is -0.643 e. The first kappa shape index (κ1) is 35.5. The molecule has 1 aliphatic carbocycles. The fourth-order valence-electron chi connectivity index (χ4n) is 5.38. The molecule has 10 nitrogen and oxygen atoms in total. The number of fused-ring (bicyclic) bond motifs is 2. The summed E-state index contributed by atoms with van der Waals surface area (Å²) in [6, 6.07) is 0. The van der Waals surface area contributed by atoms with E-state index >= 15 is 0 Å². The predicted molar refractivity (Wildman–Crippen MR) is 131 cm³/mol. The van der Waals surface area contributed by atoms with Gasteiger partial charge in [0.25, 0.3) is 0 Å². The molecule has 205 valence electrons. The molecule has 0 aromatic heterocycles. The standard InChI is InChI=1S/C21H39NO9SSi2.W.Y/c1-13(2)33(14(3)4)27-18-19(28-34(31-33,15(5)6)16(7)8)21(24,12-26-32-30-29-25)10-9-20(18)11-17(23)22-20;;/h9-10,13-16,18-19,24H,11-12H2,1-8H3,(H2,22,23,25);;/p-1/t18-,19+,20+,21-;;/m1../s1. The first-order valence-electron chi connectivity index (χ1n) is 11.8. The maximum absolute atomic E-state index is 12.1. The largest absolute Gasteiger partial charge is 0.643 e. The summed E-state index contributed by atoms with van der Waals surface area (Å²) in [6.45, 7) is 16.6. The van der Waals surface area contributed by atoms with E-state index in [2.05, 4.69) is 70.1 Å². The van der Waals surface area contributed by atoms with Crippen LogP contribution < -0.4 is 0 Å². The molecule has 2 fully saturated rings. The van der Waals surface area contributed by atoms with Crippen molar-refractivity contribution in [2.24, 2.45) is 0 Å². The minimum absolute atomic E-state index is 0. The smallest absolute Gasteiger partial charge is 0.335 e. The van der Waals surface area contributed by atoms with Gasteiger partial charge >= 0.3 is 17.1 Å². The molecule has 2 aliphatic heterocycles. The Morgan fingerprint density at radius 3 is 1.92 bits per heavy atom. The van der Waals surface area contributed by atoms with Crippen molar-refractivity contribution in [3.63, 3.8) is 0 Å². The van der Waals surface area contributed by atoms with Gasteiger partial charge in [0.05, 0.1) is 18.6 Å². The quantitative estimate of drug-likeness (QED) is 0.0647. The fourth-order valence-corrected chi connectivity index (χ4v) is 17.0. The summed E-state index contributed by atoms with van der Waals surface area (Å²) in [4.78, 5) is 12.1. The molecule has 36 heavy (non-hydrogen) atoms. The van der Waals surface area contributed by atoms with Crippen LogP contribution in [0.4, 0.5) is 0 Å². The van der Waals surface area contributed by atoms with Gasteiger partial charge in [-0.05, 0) is 28.6 Å². The molecule has 0 bridgehead atoms. The summed E-state index contributed by atoms with van der Waals surface area (Å²) in [5.41, 5.74) is -2.24. The molecule has 2 saturated heterocycles. The van der Waals surface area contributed by atoms with Crippen LogP contribution in [-0.2, 0) is 85.1 Å². The molecule has 3 rings (SSSR count). The molecule has 0 aromatic rings. The molecule has 4 atom stereocenters. The molecule has 1 amide bonds. The Kier molecular flexibility index (Phi) is 13.2. The van der Waals surface area contributed by atoms with Crippen molar-refractivity contribution < 1.29 is 95.5 Å². The Morgan fingerprint density at radius 2 is 1.50 bits per heavy atom. The summed E-state index contributed by atoms with van der Waals surface area (Å²) in [5.74, 6) is -0.208. The number of hydrogen-bond acceptors (Lipinski definition) is 10. The van der Waals surface area contributed by atoms with Crippen molar-refractivity contribution >= 4 is 35.4 Å². The second-order valence-electron chi connectivity index (χ2n) is 10.7. The summed E-state index contributed by atoms with van der Waals surface area (Å²) in [7, 11) is -5.97. The average Bonchev–Trinajstić information content (AvgIpc) is 2.91. The van der Waals surface area contributed by atoms with Gasteiger partial charge in [-0.2, -0.15) is 0 Å². The van der Waals surface area contributed by atoms with Crippen LogP contribution in [0.2, 0.25) is 22.2 Å². The third-order valence-electron chi connectivity index (χ3n) is 7.24. The zero-order chi connectivity index (χ0) is 25.5. The molecule has 1 spiro atoms. The number of carbonyl (C=O) groups excluding carboxylic acids is 1. The van der Waals surface area contributed by atoms with Crippen molar-refractivity contribution in [1.82, 2.24) is 0 Å². The van der Waals surface area contributed by atoms with Crippen molar-refractivity contribution in [2.75, 3.05) is 6.61 Å². The van der Waals surface area contributed by atoms with Gasteiger partial charge in [0, 0.05) is 53.8 Å². The Morgan fingerprint density at radius 1 is 1.03 bits per heavy atom. The summed E-state index contributed by atoms with van der Waals surface area (Å²) in [5, 5.41) is 28.1. The number of aliphatic hydroxyl groups is 1. The number of nitrogens with zero attached hydrogens (tertiary/aromatic N) is 1. The van der Waals surface area contributed by atoms with E-state index in [4.69, 9.17) is 22.4 Å². The molecular weight excluding hydrogens is 771 g/mol. The van der Waals surface area contributed by atoms with Gasteiger partial charge in [0.1, 0.15) is 11.7 Å². The maximum Gasteiger partial charge on any atom is 0.335 e. The van der Waals surface area contributed by atoms with Crippen molar-refractivity contribution in [3.8, 4) is 0 Å². The van der Waals surface area contributed by atoms with Gasteiger partial charge in [0.15, 0.2) is 12.3 Å². The van der Waals surface area contributed by atoms with E-state index in [9.17, 15) is 9.90 Å². The van der Waals surface area contributed by atoms with Gasteiger partial charge in [-0.25, -0.2) is 5.26 Å². The number of carbonyl (C=O) groups is 1. The normalized spacial score (nSPS) is 32.6. The first-order valence-corrected chi connectivity index (χ1v) is 16.4. The Balaban J connectivity index is 0.00000324. The molecule has 15 heteroatoms. The van der Waals surface area contributed by atoms with E-state index in [1.54, 1.807) is 12.2 Å². The summed E-state index contributed by atoms with van der Waals surface area (Å²) < 4.78 is 30.8. The molecule has 2 N–H and O–H groups in total. The second kappa shape index (κ2) is 13.4. The Labute approximate surface area is 260 Å². The molecular formula is C21H38NO9SSi2WY-. The van der Waals surface area contributed by atoms with E-state index in [1.807, 2.05) is 0 Å². The van der Waals surface area contributed by atoms with Gasteiger partial charge in [-0.15, -0.1) is 4.33 Å². The summed E-state index contributed by atoms with van der Waals surface area (Å²) in [6.07, 6.45) is 1.86. The van der Waals surface area contributed by atoms with Crippen molar-refractivity contribution in [2.45, 2.75) is 107 Å². The second-order valence-corrected chi connectivity index (χ2v) is 20.0. The van der Waals surface area contributed by atoms with Crippen LogP contribution in [0, 0.1) is 0 Å². The molecule has 0 aromatic carbocycles. The van der Waals surface area contributed by atoms with Gasteiger partial charge in [-0.3, -0.25) is 4.18 Å². The van der Waals surface area contributed by atoms with E-state index in [1.165, 1.54) is 0 Å². The third-order valence-corrected chi connectivity index (χ3v) is 17.8. The van der Waals surface area contributed by atoms with Crippen LogP contribution in [0.25, 0.3) is 5.32 Å². The van der Waals surface area contributed by atoms with E-state index in [-0.39, 0.29) is 94.9 Å². The van der Waals surface area contributed by atoms with Crippen molar-refractivity contribution in [3.05, 3.63) is 17.5 Å². The SMILES string of the molecule is CC(C)[Si]1(C(C)C)O[C@@H]2[C@H](O[Si](C(C)C)(C(C)C)O1)[C@](O)(COSOOO)C=C[C@]21CC(=O)[N-]1.[W].[Y]. The van der Waals surface area contributed by atoms with Crippen LogP contribution in [0.5, 0.6) is 0 Å². The molecule has 0 saturated carbocycles. The van der Waals surface area contributed by atoms with E-state index in [0.717, 1.165) is 0 Å². The number of hydrogen-bond donors (Lipinski definition) is 2. The minimum atomic E-state index is -3.01. The zero-order valence-electron chi connectivity index (χ0n) is 22.1. The van der Waals surface area contributed by atoms with Crippen LogP contribution in [0.15, 0.2) is 12.2 Å². The van der Waals surface area contributed by atoms with Crippen molar-refractivity contribution in [1.29, 1.82) is 0 Å². The zero-order valence-corrected chi connectivity index (χ0v) is 30.7. The van der Waals surface area contributed by atoms with Gasteiger partial charge in [-0.1, -0.05) is 78.1 Å². The van der Waals surface area contributed by atoms with Crippen LogP contribution in [0.1, 0.15) is 61.8 Å². The Bertz CT molecular complexity index is 770.